The third-order valence-electron chi connectivity index (χ3n) is 2.94. The third kappa shape index (κ3) is 3.21. The van der Waals surface area contributed by atoms with Crippen molar-refractivity contribution in [2.24, 2.45) is 0 Å². The fraction of sp³-hybridized carbons (Fsp3) is 0.200. The molecule has 124 valence electrons. The van der Waals surface area contributed by atoms with Gasteiger partial charge in [-0.25, -0.2) is 9.18 Å². The zero-order chi connectivity index (χ0) is 17.9. The van der Waals surface area contributed by atoms with Crippen LogP contribution in [0.5, 0.6) is 5.75 Å². The molecule has 0 aliphatic heterocycles. The zero-order valence-corrected chi connectivity index (χ0v) is 13.4. The van der Waals surface area contributed by atoms with Crippen molar-refractivity contribution in [1.29, 1.82) is 5.26 Å². The van der Waals surface area contributed by atoms with E-state index in [2.05, 4.69) is 5.10 Å². The van der Waals surface area contributed by atoms with E-state index in [0.717, 1.165) is 12.1 Å². The van der Waals surface area contributed by atoms with Crippen LogP contribution in [0.4, 0.5) is 4.39 Å². The molecule has 1 heterocycles. The van der Waals surface area contributed by atoms with Gasteiger partial charge in [0.15, 0.2) is 11.5 Å². The molecular weight excluding hydrogens is 341 g/mol. The number of esters is 1. The maximum Gasteiger partial charge on any atom is 0.360 e. The third-order valence-corrected chi connectivity index (χ3v) is 3.23. The number of benzene rings is 1. The number of ether oxygens (including phenoxy) is 2. The molecule has 1 aromatic heterocycles. The number of nitrogens with zero attached hydrogens (tertiary/aromatic N) is 3. The molecule has 2 aromatic rings. The fourth-order valence-electron chi connectivity index (χ4n) is 1.93. The second-order valence-corrected chi connectivity index (χ2v) is 4.84. The van der Waals surface area contributed by atoms with Gasteiger partial charge >= 0.3 is 5.97 Å². The molecule has 0 radical (unpaired) electrons. The monoisotopic (exact) mass is 351 g/mol. The molecule has 0 aliphatic rings. The number of carbonyl (C=O) groups excluding carboxylic acids is 1. The van der Waals surface area contributed by atoms with Crippen LogP contribution in [-0.2, 0) is 4.74 Å². The summed E-state index contributed by atoms with van der Waals surface area (Å²) in [6, 6.07) is 4.85. The molecule has 0 N–H and O–H groups in total. The van der Waals surface area contributed by atoms with E-state index in [1.54, 1.807) is 13.0 Å². The highest BCUT2D eigenvalue weighted by Gasteiger charge is 2.21. The van der Waals surface area contributed by atoms with E-state index in [0.29, 0.717) is 4.68 Å². The number of nitriles is 1. The summed E-state index contributed by atoms with van der Waals surface area (Å²) < 4.78 is 24.8. The SMILES string of the molecule is CCOC(=O)c1nn(-c2c(F)cc(C#N)cc2OC)c(=O)cc1Cl. The minimum Gasteiger partial charge on any atom is -0.494 e. The first-order valence-electron chi connectivity index (χ1n) is 6.67. The van der Waals surface area contributed by atoms with Crippen molar-refractivity contribution < 1.29 is 18.7 Å². The summed E-state index contributed by atoms with van der Waals surface area (Å²) in [5.41, 5.74) is -1.47. The lowest BCUT2D eigenvalue weighted by atomic mass is 10.2. The summed E-state index contributed by atoms with van der Waals surface area (Å²) in [6.07, 6.45) is 0. The number of rotatable bonds is 4. The van der Waals surface area contributed by atoms with E-state index in [1.807, 2.05) is 0 Å². The maximum absolute atomic E-state index is 14.4. The largest absolute Gasteiger partial charge is 0.494 e. The van der Waals surface area contributed by atoms with Gasteiger partial charge in [0, 0.05) is 12.1 Å². The molecule has 0 aliphatic carbocycles. The van der Waals surface area contributed by atoms with Crippen LogP contribution in [0.15, 0.2) is 23.0 Å². The van der Waals surface area contributed by atoms with E-state index in [9.17, 15) is 14.0 Å². The van der Waals surface area contributed by atoms with Gasteiger partial charge in [0.2, 0.25) is 0 Å². The van der Waals surface area contributed by atoms with Crippen LogP contribution in [0.25, 0.3) is 5.69 Å². The van der Waals surface area contributed by atoms with Crippen molar-refractivity contribution in [3.63, 3.8) is 0 Å². The predicted octanol–water partition coefficient (Wildman–Crippen LogP) is 2.08. The van der Waals surface area contributed by atoms with E-state index >= 15 is 0 Å². The molecule has 1 aromatic carbocycles. The van der Waals surface area contributed by atoms with Gasteiger partial charge in [0.25, 0.3) is 5.56 Å². The minimum atomic E-state index is -0.919. The molecule has 9 heteroatoms. The summed E-state index contributed by atoms with van der Waals surface area (Å²) in [6.45, 7) is 1.66. The molecule has 2 rings (SSSR count). The number of aromatic nitrogens is 2. The van der Waals surface area contributed by atoms with Crippen LogP contribution >= 0.6 is 11.6 Å². The number of hydrogen-bond donors (Lipinski definition) is 0. The Morgan fingerprint density at radius 2 is 2.17 bits per heavy atom. The average Bonchev–Trinajstić information content (AvgIpc) is 2.55. The fourth-order valence-corrected chi connectivity index (χ4v) is 2.14. The molecule has 0 atom stereocenters. The van der Waals surface area contributed by atoms with E-state index in [1.165, 1.54) is 13.2 Å². The summed E-state index contributed by atoms with van der Waals surface area (Å²) >= 11 is 5.84. The van der Waals surface area contributed by atoms with Crippen LogP contribution in [0.3, 0.4) is 0 Å². The average molecular weight is 352 g/mol. The zero-order valence-electron chi connectivity index (χ0n) is 12.7. The molecule has 0 fully saturated rings. The van der Waals surface area contributed by atoms with Crippen molar-refractivity contribution in [2.45, 2.75) is 6.92 Å². The van der Waals surface area contributed by atoms with Crippen LogP contribution in [0.1, 0.15) is 23.0 Å². The van der Waals surface area contributed by atoms with Crippen molar-refractivity contribution in [3.05, 3.63) is 50.7 Å². The molecule has 0 amide bonds. The van der Waals surface area contributed by atoms with Crippen molar-refractivity contribution in [1.82, 2.24) is 9.78 Å². The quantitative estimate of drug-likeness (QED) is 0.783. The van der Waals surface area contributed by atoms with Crippen molar-refractivity contribution in [2.75, 3.05) is 13.7 Å². The Morgan fingerprint density at radius 3 is 2.75 bits per heavy atom. The Bertz CT molecular complexity index is 905. The molecule has 0 saturated heterocycles. The van der Waals surface area contributed by atoms with Crippen LogP contribution in [-0.4, -0.2) is 29.5 Å². The lowest BCUT2D eigenvalue weighted by Gasteiger charge is -2.13. The van der Waals surface area contributed by atoms with Gasteiger partial charge < -0.3 is 9.47 Å². The van der Waals surface area contributed by atoms with Gasteiger partial charge in [-0.05, 0) is 13.0 Å². The predicted molar refractivity (Wildman–Crippen MR) is 82.0 cm³/mol. The normalized spacial score (nSPS) is 10.1. The minimum absolute atomic E-state index is 0.000675. The lowest BCUT2D eigenvalue weighted by molar-refractivity contribution is 0.0517. The van der Waals surface area contributed by atoms with Crippen molar-refractivity contribution >= 4 is 17.6 Å². The Kier molecular flexibility index (Phi) is 5.16. The molecule has 0 unspecified atom stereocenters. The molecule has 0 bridgehead atoms. The first-order chi connectivity index (χ1) is 11.4. The van der Waals surface area contributed by atoms with Crippen LogP contribution in [0, 0.1) is 17.1 Å². The Morgan fingerprint density at radius 1 is 1.46 bits per heavy atom. The van der Waals surface area contributed by atoms with E-state index in [4.69, 9.17) is 26.3 Å². The lowest BCUT2D eigenvalue weighted by Crippen LogP contribution is -2.25. The topological polar surface area (TPSA) is 94.2 Å². The van der Waals surface area contributed by atoms with Gasteiger partial charge in [-0.1, -0.05) is 11.6 Å². The van der Waals surface area contributed by atoms with Gasteiger partial charge in [-0.15, -0.1) is 0 Å². The van der Waals surface area contributed by atoms with Crippen LogP contribution in [0.2, 0.25) is 5.02 Å². The summed E-state index contributed by atoms with van der Waals surface area (Å²) in [4.78, 5) is 24.0. The summed E-state index contributed by atoms with van der Waals surface area (Å²) in [5, 5.41) is 12.4. The van der Waals surface area contributed by atoms with E-state index < -0.39 is 17.3 Å². The van der Waals surface area contributed by atoms with Crippen LogP contribution < -0.4 is 10.3 Å². The summed E-state index contributed by atoms with van der Waals surface area (Å²) in [5.74, 6) is -1.87. The van der Waals surface area contributed by atoms with Gasteiger partial charge in [-0.2, -0.15) is 15.0 Å². The molecule has 0 saturated carbocycles. The number of halogens is 2. The smallest absolute Gasteiger partial charge is 0.360 e. The van der Waals surface area contributed by atoms with E-state index in [-0.39, 0.29) is 34.3 Å². The number of methoxy groups -OCH3 is 1. The Balaban J connectivity index is 2.74. The highest BCUT2D eigenvalue weighted by molar-refractivity contribution is 6.33. The Labute approximate surface area is 140 Å². The second kappa shape index (κ2) is 7.10. The van der Waals surface area contributed by atoms with Gasteiger partial charge in [0.1, 0.15) is 11.4 Å². The summed E-state index contributed by atoms with van der Waals surface area (Å²) in [7, 11) is 1.24. The first-order valence-corrected chi connectivity index (χ1v) is 7.05. The molecular formula is C15H11ClFN3O4. The highest BCUT2D eigenvalue weighted by atomic mass is 35.5. The number of hydrogen-bond acceptors (Lipinski definition) is 6. The maximum atomic E-state index is 14.4. The number of carbonyl (C=O) groups is 1. The molecule has 0 spiro atoms. The van der Waals surface area contributed by atoms with Gasteiger partial charge in [0.05, 0.1) is 30.4 Å². The molecule has 7 nitrogen and oxygen atoms in total. The van der Waals surface area contributed by atoms with Crippen molar-refractivity contribution in [3.8, 4) is 17.5 Å². The first kappa shape index (κ1) is 17.4. The molecule has 24 heavy (non-hydrogen) atoms. The second-order valence-electron chi connectivity index (χ2n) is 4.43. The van der Waals surface area contributed by atoms with Gasteiger partial charge in [-0.3, -0.25) is 4.79 Å². The Hall–Kier alpha value is -2.92. The standard InChI is InChI=1S/C15H11ClFN3O4/c1-3-24-15(22)13-9(16)6-12(21)20(19-13)14-10(17)4-8(7-18)5-11(14)23-2/h4-6H,3H2,1-2H3. The highest BCUT2D eigenvalue weighted by Crippen LogP contribution is 2.26.